The maximum absolute atomic E-state index is 6.26. The van der Waals surface area contributed by atoms with Gasteiger partial charge in [0, 0.05) is 44.0 Å². The number of anilines is 3. The van der Waals surface area contributed by atoms with Gasteiger partial charge >= 0.3 is 0 Å². The van der Waals surface area contributed by atoms with Crippen molar-refractivity contribution in [2.75, 3.05) is 4.90 Å². The van der Waals surface area contributed by atoms with E-state index >= 15 is 0 Å². The van der Waals surface area contributed by atoms with Crippen molar-refractivity contribution in [3.05, 3.63) is 206 Å². The number of para-hydroxylation sites is 5. The van der Waals surface area contributed by atoms with Crippen LogP contribution in [0.5, 0.6) is 0 Å². The molecule has 0 atom stereocenters. The maximum Gasteiger partial charge on any atom is 0.135 e. The van der Waals surface area contributed by atoms with Gasteiger partial charge in [-0.15, -0.1) is 0 Å². The normalized spacial score (nSPS) is 11.6. The largest absolute Gasteiger partial charge is 0.456 e. The summed E-state index contributed by atoms with van der Waals surface area (Å²) in [5.41, 5.74) is 13.1. The fourth-order valence-electron chi connectivity index (χ4n) is 8.52. The molecule has 0 spiro atoms. The Labute approximate surface area is 318 Å². The SMILES string of the molecule is c1ccc(-n2c3ccccc3c3ccc(N(c4ccccc4-c4ccc5oc6ccccc6c5c4)c4ccccc4-c4cccc5ccccc45)cc32)cc1. The summed E-state index contributed by atoms with van der Waals surface area (Å²) in [5.74, 6) is 0. The molecule has 9 aromatic carbocycles. The molecule has 11 rings (SSSR count). The fourth-order valence-corrected chi connectivity index (χ4v) is 8.52. The Morgan fingerprint density at radius 2 is 0.982 bits per heavy atom. The van der Waals surface area contributed by atoms with Crippen LogP contribution in [0.2, 0.25) is 0 Å². The van der Waals surface area contributed by atoms with Gasteiger partial charge < -0.3 is 13.9 Å². The van der Waals surface area contributed by atoms with Gasteiger partial charge in [0.25, 0.3) is 0 Å². The first-order chi connectivity index (χ1) is 27.3. The lowest BCUT2D eigenvalue weighted by Crippen LogP contribution is -2.12. The molecule has 11 aromatic rings. The Bertz CT molecular complexity index is 3220. The predicted molar refractivity (Wildman–Crippen MR) is 231 cm³/mol. The zero-order valence-electron chi connectivity index (χ0n) is 29.9. The zero-order valence-corrected chi connectivity index (χ0v) is 29.9. The summed E-state index contributed by atoms with van der Waals surface area (Å²) in [6.45, 7) is 0. The molecule has 2 heterocycles. The molecule has 0 bridgehead atoms. The maximum atomic E-state index is 6.26. The second-order valence-electron chi connectivity index (χ2n) is 14.1. The van der Waals surface area contributed by atoms with Crippen molar-refractivity contribution in [1.82, 2.24) is 4.57 Å². The molecule has 3 nitrogen and oxygen atoms in total. The molecule has 0 saturated carbocycles. The van der Waals surface area contributed by atoms with Crippen molar-refractivity contribution in [2.24, 2.45) is 0 Å². The molecule has 0 saturated heterocycles. The quantitative estimate of drug-likeness (QED) is 0.172. The highest BCUT2D eigenvalue weighted by molar-refractivity contribution is 6.11. The first-order valence-corrected chi connectivity index (χ1v) is 18.8. The average molecular weight is 703 g/mol. The molecular formula is C52H34N2O. The lowest BCUT2D eigenvalue weighted by Gasteiger charge is -2.30. The Morgan fingerprint density at radius 3 is 1.85 bits per heavy atom. The highest BCUT2D eigenvalue weighted by atomic mass is 16.3. The molecule has 0 amide bonds. The van der Waals surface area contributed by atoms with Crippen LogP contribution in [0.4, 0.5) is 17.1 Å². The molecule has 0 aliphatic heterocycles. The van der Waals surface area contributed by atoms with Crippen LogP contribution in [0.25, 0.3) is 82.5 Å². The van der Waals surface area contributed by atoms with E-state index in [1.807, 2.05) is 12.1 Å². The van der Waals surface area contributed by atoms with Gasteiger partial charge in [0.05, 0.1) is 22.4 Å². The van der Waals surface area contributed by atoms with Crippen LogP contribution in [0.15, 0.2) is 211 Å². The average Bonchev–Trinajstić information content (AvgIpc) is 3.79. The summed E-state index contributed by atoms with van der Waals surface area (Å²) in [5, 5.41) is 7.13. The Kier molecular flexibility index (Phi) is 7.17. The van der Waals surface area contributed by atoms with Crippen LogP contribution in [-0.2, 0) is 0 Å². The van der Waals surface area contributed by atoms with Gasteiger partial charge in [0.1, 0.15) is 11.2 Å². The Hall–Kier alpha value is -7.36. The van der Waals surface area contributed by atoms with E-state index in [9.17, 15) is 0 Å². The van der Waals surface area contributed by atoms with Crippen molar-refractivity contribution in [2.45, 2.75) is 0 Å². The van der Waals surface area contributed by atoms with Crippen molar-refractivity contribution in [3.8, 4) is 27.9 Å². The Balaban J connectivity index is 1.20. The summed E-state index contributed by atoms with van der Waals surface area (Å²) >= 11 is 0. The summed E-state index contributed by atoms with van der Waals surface area (Å²) in [7, 11) is 0. The molecule has 55 heavy (non-hydrogen) atoms. The minimum Gasteiger partial charge on any atom is -0.456 e. The van der Waals surface area contributed by atoms with Gasteiger partial charge in [-0.3, -0.25) is 0 Å². The first kappa shape index (κ1) is 31.2. The molecule has 3 heteroatoms. The number of hydrogen-bond acceptors (Lipinski definition) is 2. The van der Waals surface area contributed by atoms with Gasteiger partial charge in [-0.1, -0.05) is 146 Å². The first-order valence-electron chi connectivity index (χ1n) is 18.8. The van der Waals surface area contributed by atoms with E-state index in [1.165, 1.54) is 32.6 Å². The van der Waals surface area contributed by atoms with Crippen LogP contribution in [0.3, 0.4) is 0 Å². The van der Waals surface area contributed by atoms with Crippen LogP contribution >= 0.6 is 0 Å². The third-order valence-corrected chi connectivity index (χ3v) is 11.0. The number of benzene rings is 9. The van der Waals surface area contributed by atoms with Crippen molar-refractivity contribution >= 4 is 71.6 Å². The van der Waals surface area contributed by atoms with E-state index in [0.29, 0.717) is 0 Å². The standard InChI is InChI=1S/C52H34N2O/c1-2-17-37(18-3-1)53-49-27-12-8-22-43(49)44-31-30-38(34-50(44)53)54(48-26-11-7-21-42(48)41-24-14-16-35-15-4-5-19-39(35)41)47-25-10-6-20-40(47)36-29-32-52-46(33-36)45-23-9-13-28-51(45)55-52/h1-34H. The summed E-state index contributed by atoms with van der Waals surface area (Å²) in [6, 6.07) is 74.1. The van der Waals surface area contributed by atoms with Crippen LogP contribution < -0.4 is 4.90 Å². The fraction of sp³-hybridized carbons (Fsp3) is 0. The molecule has 0 aliphatic carbocycles. The van der Waals surface area contributed by atoms with Crippen molar-refractivity contribution < 1.29 is 4.42 Å². The second kappa shape index (κ2) is 12.6. The molecule has 0 radical (unpaired) electrons. The number of furan rings is 1. The minimum absolute atomic E-state index is 0.889. The lowest BCUT2D eigenvalue weighted by molar-refractivity contribution is 0.669. The minimum atomic E-state index is 0.889. The third kappa shape index (κ3) is 5.05. The molecule has 0 unspecified atom stereocenters. The smallest absolute Gasteiger partial charge is 0.135 e. The second-order valence-corrected chi connectivity index (χ2v) is 14.1. The predicted octanol–water partition coefficient (Wildman–Crippen LogP) is 14.6. The number of hydrogen-bond donors (Lipinski definition) is 0. The van der Waals surface area contributed by atoms with Crippen LogP contribution in [0.1, 0.15) is 0 Å². The third-order valence-electron chi connectivity index (χ3n) is 11.0. The van der Waals surface area contributed by atoms with E-state index in [-0.39, 0.29) is 0 Å². The van der Waals surface area contributed by atoms with E-state index in [1.54, 1.807) is 0 Å². The van der Waals surface area contributed by atoms with Gasteiger partial charge in [-0.05, 0) is 82.6 Å². The number of aromatic nitrogens is 1. The van der Waals surface area contributed by atoms with Crippen LogP contribution in [0, 0.1) is 0 Å². The molecular weight excluding hydrogens is 669 g/mol. The monoisotopic (exact) mass is 702 g/mol. The highest BCUT2D eigenvalue weighted by Crippen LogP contribution is 2.47. The van der Waals surface area contributed by atoms with E-state index in [4.69, 9.17) is 4.42 Å². The van der Waals surface area contributed by atoms with E-state index in [0.717, 1.165) is 66.9 Å². The van der Waals surface area contributed by atoms with Crippen LogP contribution in [-0.4, -0.2) is 4.57 Å². The van der Waals surface area contributed by atoms with Gasteiger partial charge in [-0.25, -0.2) is 0 Å². The number of rotatable bonds is 6. The number of fused-ring (bicyclic) bond motifs is 7. The van der Waals surface area contributed by atoms with Gasteiger partial charge in [0.15, 0.2) is 0 Å². The van der Waals surface area contributed by atoms with Crippen molar-refractivity contribution in [1.29, 1.82) is 0 Å². The highest BCUT2D eigenvalue weighted by Gasteiger charge is 2.23. The van der Waals surface area contributed by atoms with Crippen molar-refractivity contribution in [3.63, 3.8) is 0 Å². The molecule has 0 N–H and O–H groups in total. The molecule has 0 aliphatic rings. The van der Waals surface area contributed by atoms with Gasteiger partial charge in [0.2, 0.25) is 0 Å². The number of nitrogens with zero attached hydrogens (tertiary/aromatic N) is 2. The topological polar surface area (TPSA) is 21.3 Å². The van der Waals surface area contributed by atoms with E-state index < -0.39 is 0 Å². The summed E-state index contributed by atoms with van der Waals surface area (Å²) < 4.78 is 8.66. The molecule has 2 aromatic heterocycles. The zero-order chi connectivity index (χ0) is 36.3. The molecule has 258 valence electrons. The summed E-state index contributed by atoms with van der Waals surface area (Å²) in [4.78, 5) is 2.45. The summed E-state index contributed by atoms with van der Waals surface area (Å²) in [6.07, 6.45) is 0. The van der Waals surface area contributed by atoms with E-state index in [2.05, 4.69) is 204 Å². The lowest BCUT2D eigenvalue weighted by atomic mass is 9.95. The Morgan fingerprint density at radius 1 is 0.364 bits per heavy atom. The van der Waals surface area contributed by atoms with Gasteiger partial charge in [-0.2, -0.15) is 0 Å². The molecule has 0 fully saturated rings.